The summed E-state index contributed by atoms with van der Waals surface area (Å²) in [6.45, 7) is 20.6. The van der Waals surface area contributed by atoms with E-state index in [2.05, 4.69) is 46.0 Å². The Morgan fingerprint density at radius 3 is 2.57 bits per heavy atom. The van der Waals surface area contributed by atoms with E-state index in [9.17, 15) is 4.79 Å². The lowest BCUT2D eigenvalue weighted by molar-refractivity contribution is 0.279. The first-order valence-electron chi connectivity index (χ1n) is 13.0. The van der Waals surface area contributed by atoms with E-state index in [0.29, 0.717) is 35.8 Å². The van der Waals surface area contributed by atoms with Crippen molar-refractivity contribution in [3.63, 3.8) is 0 Å². The molecule has 0 amide bonds. The van der Waals surface area contributed by atoms with Crippen LogP contribution in [0.3, 0.4) is 0 Å². The van der Waals surface area contributed by atoms with Crippen molar-refractivity contribution in [2.24, 2.45) is 10.9 Å². The van der Waals surface area contributed by atoms with Gasteiger partial charge in [0.25, 0.3) is 5.56 Å². The summed E-state index contributed by atoms with van der Waals surface area (Å²) >= 11 is 0. The second-order valence-electron chi connectivity index (χ2n) is 10.4. The number of aryl methyl sites for hydroxylation is 1. The number of aromatic nitrogens is 2. The van der Waals surface area contributed by atoms with Gasteiger partial charge in [-0.3, -0.25) is 4.79 Å². The quantitative estimate of drug-likeness (QED) is 0.225. The highest BCUT2D eigenvalue weighted by molar-refractivity contribution is 6.05. The minimum Gasteiger partial charge on any atom is -0.396 e. The maximum Gasteiger partial charge on any atom is 0.262 e. The van der Waals surface area contributed by atoms with Crippen molar-refractivity contribution in [3.8, 4) is 0 Å². The molecular formula is C29H44N6O2. The van der Waals surface area contributed by atoms with E-state index >= 15 is 0 Å². The van der Waals surface area contributed by atoms with E-state index in [1.54, 1.807) is 16.8 Å². The Kier molecular flexibility index (Phi) is 11.8. The Labute approximate surface area is 221 Å². The number of fused-ring (bicyclic) bond motifs is 1. The van der Waals surface area contributed by atoms with Gasteiger partial charge in [-0.05, 0) is 95.1 Å². The van der Waals surface area contributed by atoms with Gasteiger partial charge in [-0.15, -0.1) is 0 Å². The minimum absolute atomic E-state index is 0.0295. The SMILES string of the molecule is C=CN=C(/C=C(\C)C=C)Nc1cc2ccn(CCCO)c(=O)c2c(NC(C)(C)C)n1.CC1CCNCC1. The molecular weight excluding hydrogens is 464 g/mol. The number of amidine groups is 1. The number of nitrogens with zero attached hydrogens (tertiary/aromatic N) is 3. The number of piperidine rings is 1. The number of aliphatic imine (C=N–C) groups is 1. The predicted octanol–water partition coefficient (Wildman–Crippen LogP) is 5.08. The largest absolute Gasteiger partial charge is 0.396 e. The van der Waals surface area contributed by atoms with Gasteiger partial charge in [-0.1, -0.05) is 26.2 Å². The Hall–Kier alpha value is -3.23. The molecule has 0 aromatic carbocycles. The molecule has 1 aliphatic rings. The van der Waals surface area contributed by atoms with Gasteiger partial charge in [0.05, 0.1) is 5.39 Å². The summed E-state index contributed by atoms with van der Waals surface area (Å²) in [5.41, 5.74) is 0.492. The van der Waals surface area contributed by atoms with Crippen molar-refractivity contribution >= 4 is 28.2 Å². The second-order valence-corrected chi connectivity index (χ2v) is 10.4. The number of rotatable bonds is 8. The number of pyridine rings is 2. The van der Waals surface area contributed by atoms with Crippen LogP contribution in [0.1, 0.15) is 53.9 Å². The minimum atomic E-state index is -0.297. The van der Waals surface area contributed by atoms with Crippen LogP contribution in [0.15, 0.2) is 65.2 Å². The molecule has 1 aliphatic heterocycles. The number of hydrogen-bond acceptors (Lipinski definition) is 6. The highest BCUT2D eigenvalue weighted by atomic mass is 16.3. The fourth-order valence-electron chi connectivity index (χ4n) is 3.81. The molecule has 0 spiro atoms. The number of anilines is 2. The maximum atomic E-state index is 13.1. The van der Waals surface area contributed by atoms with Crippen molar-refractivity contribution < 1.29 is 5.11 Å². The van der Waals surface area contributed by atoms with Gasteiger partial charge in [0.15, 0.2) is 0 Å². The summed E-state index contributed by atoms with van der Waals surface area (Å²) in [4.78, 5) is 22.0. The lowest BCUT2D eigenvalue weighted by Gasteiger charge is -2.23. The first kappa shape index (κ1) is 30.0. The van der Waals surface area contributed by atoms with Crippen LogP contribution in [0.4, 0.5) is 11.6 Å². The maximum absolute atomic E-state index is 13.1. The Balaban J connectivity index is 0.000000591. The molecule has 0 unspecified atom stereocenters. The van der Waals surface area contributed by atoms with Crippen LogP contribution >= 0.6 is 0 Å². The van der Waals surface area contributed by atoms with Gasteiger partial charge in [0.1, 0.15) is 17.5 Å². The van der Waals surface area contributed by atoms with Crippen LogP contribution in [0, 0.1) is 5.92 Å². The molecule has 0 saturated carbocycles. The van der Waals surface area contributed by atoms with Crippen molar-refractivity contribution in [3.05, 3.63) is 65.8 Å². The highest BCUT2D eigenvalue weighted by Gasteiger charge is 2.17. The van der Waals surface area contributed by atoms with E-state index in [4.69, 9.17) is 5.11 Å². The third-order valence-electron chi connectivity index (χ3n) is 5.81. The van der Waals surface area contributed by atoms with Crippen LogP contribution in [0.5, 0.6) is 0 Å². The van der Waals surface area contributed by atoms with Gasteiger partial charge < -0.3 is 25.6 Å². The highest BCUT2D eigenvalue weighted by Crippen LogP contribution is 2.25. The molecule has 8 heteroatoms. The summed E-state index contributed by atoms with van der Waals surface area (Å²) in [6.07, 6.45) is 10.0. The normalized spacial score (nSPS) is 15.1. The van der Waals surface area contributed by atoms with Gasteiger partial charge in [0, 0.05) is 31.1 Å². The zero-order valence-corrected chi connectivity index (χ0v) is 23.1. The van der Waals surface area contributed by atoms with Crippen molar-refractivity contribution in [1.29, 1.82) is 0 Å². The van der Waals surface area contributed by atoms with Gasteiger partial charge >= 0.3 is 0 Å². The smallest absolute Gasteiger partial charge is 0.262 e. The monoisotopic (exact) mass is 508 g/mol. The van der Waals surface area contributed by atoms with Crippen molar-refractivity contribution in [2.45, 2.75) is 66.0 Å². The molecule has 2 aromatic rings. The molecule has 3 heterocycles. The molecule has 0 aliphatic carbocycles. The number of hydrogen-bond donors (Lipinski definition) is 4. The molecule has 1 fully saturated rings. The molecule has 4 N–H and O–H groups in total. The lowest BCUT2D eigenvalue weighted by atomic mass is 10.0. The van der Waals surface area contributed by atoms with E-state index in [-0.39, 0.29) is 17.7 Å². The van der Waals surface area contributed by atoms with Gasteiger partial charge in [0.2, 0.25) is 0 Å². The third-order valence-corrected chi connectivity index (χ3v) is 5.81. The molecule has 37 heavy (non-hydrogen) atoms. The Morgan fingerprint density at radius 1 is 1.32 bits per heavy atom. The summed E-state index contributed by atoms with van der Waals surface area (Å²) in [5.74, 6) is 2.58. The van der Waals surface area contributed by atoms with Crippen LogP contribution in [0.2, 0.25) is 0 Å². The summed E-state index contributed by atoms with van der Waals surface area (Å²) in [5, 5.41) is 20.2. The first-order valence-corrected chi connectivity index (χ1v) is 13.0. The standard InChI is InChI=1S/C23H31N5O2.C6H13N/c1-7-16(3)14-18(24-8-2)25-19-15-17-10-12-28(11-9-13-29)22(30)20(17)21(26-19)27-23(4,5)6;1-6-2-4-7-5-3-6/h7-8,10,12,14-15,29H,1-2,9,11,13H2,3-6H3,(H2,24,25,26,27);6-7H,2-5H2,1H3/b16-14+;. The fraction of sp³-hybridized carbons (Fsp3) is 0.483. The van der Waals surface area contributed by atoms with Crippen LogP contribution in [0.25, 0.3) is 10.8 Å². The number of allylic oxidation sites excluding steroid dienone is 2. The van der Waals surface area contributed by atoms with E-state index < -0.39 is 0 Å². The third kappa shape index (κ3) is 9.98. The lowest BCUT2D eigenvalue weighted by Crippen LogP contribution is -2.29. The fourth-order valence-corrected chi connectivity index (χ4v) is 3.81. The summed E-state index contributed by atoms with van der Waals surface area (Å²) < 4.78 is 1.60. The average molecular weight is 509 g/mol. The topological polar surface area (TPSA) is 104 Å². The van der Waals surface area contributed by atoms with E-state index in [1.807, 2.05) is 45.9 Å². The van der Waals surface area contributed by atoms with Crippen molar-refractivity contribution in [2.75, 3.05) is 30.3 Å². The van der Waals surface area contributed by atoms with Crippen molar-refractivity contribution in [1.82, 2.24) is 14.9 Å². The number of aliphatic hydroxyl groups is 1. The van der Waals surface area contributed by atoms with Crippen LogP contribution in [-0.2, 0) is 6.54 Å². The van der Waals surface area contributed by atoms with Gasteiger partial charge in [-0.25, -0.2) is 9.98 Å². The summed E-state index contributed by atoms with van der Waals surface area (Å²) in [7, 11) is 0. The molecule has 2 aromatic heterocycles. The Morgan fingerprint density at radius 2 is 2.03 bits per heavy atom. The second kappa shape index (κ2) is 14.5. The Bertz CT molecular complexity index is 1170. The number of nitrogens with one attached hydrogen (secondary N) is 3. The van der Waals surface area contributed by atoms with E-state index in [0.717, 1.165) is 16.9 Å². The molecule has 3 rings (SSSR count). The zero-order chi connectivity index (χ0) is 27.4. The van der Waals surface area contributed by atoms with Crippen LogP contribution < -0.4 is 21.5 Å². The molecule has 1 saturated heterocycles. The van der Waals surface area contributed by atoms with Crippen LogP contribution in [-0.4, -0.2) is 45.7 Å². The van der Waals surface area contributed by atoms with Gasteiger partial charge in [-0.2, -0.15) is 0 Å². The molecule has 0 atom stereocenters. The molecule has 0 radical (unpaired) electrons. The molecule has 8 nitrogen and oxygen atoms in total. The summed E-state index contributed by atoms with van der Waals surface area (Å²) in [6, 6.07) is 3.70. The number of aliphatic hydroxyl groups excluding tert-OH is 1. The molecule has 0 bridgehead atoms. The predicted molar refractivity (Wildman–Crippen MR) is 158 cm³/mol. The van der Waals surface area contributed by atoms with E-state index in [1.165, 1.54) is 32.1 Å². The first-order chi connectivity index (χ1) is 17.6. The molecule has 202 valence electrons. The average Bonchev–Trinajstić information content (AvgIpc) is 2.83. The zero-order valence-electron chi connectivity index (χ0n) is 23.1.